The Bertz CT molecular complexity index is 533. The fourth-order valence-electron chi connectivity index (χ4n) is 1.53. The van der Waals surface area contributed by atoms with Crippen molar-refractivity contribution in [1.29, 1.82) is 0 Å². The molecule has 1 aromatic rings. The number of aromatic nitrogens is 1. The van der Waals surface area contributed by atoms with Crippen LogP contribution in [0.5, 0.6) is 0 Å². The minimum Gasteiger partial charge on any atom is -0.469 e. The predicted octanol–water partition coefficient (Wildman–Crippen LogP) is 0.253. The lowest BCUT2D eigenvalue weighted by Gasteiger charge is -2.24. The highest BCUT2D eigenvalue weighted by molar-refractivity contribution is 7.86. The van der Waals surface area contributed by atoms with Crippen molar-refractivity contribution in [2.45, 2.75) is 13.0 Å². The van der Waals surface area contributed by atoms with Crippen LogP contribution in [-0.2, 0) is 26.3 Å². The second kappa shape index (κ2) is 7.32. The smallest absolute Gasteiger partial charge is 0.306 e. The molecule has 0 radical (unpaired) electrons. The lowest BCUT2D eigenvalue weighted by atomic mass is 10.3. The molecule has 0 saturated carbocycles. The van der Waals surface area contributed by atoms with E-state index < -0.39 is 16.2 Å². The van der Waals surface area contributed by atoms with Gasteiger partial charge in [-0.15, -0.1) is 0 Å². The van der Waals surface area contributed by atoms with Gasteiger partial charge in [0.15, 0.2) is 0 Å². The quantitative estimate of drug-likeness (QED) is 0.675. The Labute approximate surface area is 119 Å². The largest absolute Gasteiger partial charge is 0.469 e. The zero-order valence-corrected chi connectivity index (χ0v) is 12.6. The molecule has 0 atom stereocenters. The van der Waals surface area contributed by atoms with E-state index in [1.807, 2.05) is 0 Å². The zero-order valence-electron chi connectivity index (χ0n) is 11.8. The zero-order chi connectivity index (χ0) is 15.2. The molecule has 0 aliphatic rings. The van der Waals surface area contributed by atoms with Crippen molar-refractivity contribution >= 4 is 16.2 Å². The molecule has 112 valence electrons. The van der Waals surface area contributed by atoms with Gasteiger partial charge in [-0.2, -0.15) is 17.0 Å². The van der Waals surface area contributed by atoms with E-state index in [1.165, 1.54) is 25.5 Å². The van der Waals surface area contributed by atoms with Crippen molar-refractivity contribution < 1.29 is 17.9 Å². The van der Waals surface area contributed by atoms with Gasteiger partial charge in [0.25, 0.3) is 10.2 Å². The van der Waals surface area contributed by atoms with Crippen LogP contribution in [0.25, 0.3) is 0 Å². The Kier molecular flexibility index (Phi) is 6.05. The molecule has 7 nitrogen and oxygen atoms in total. The number of nitrogens with zero attached hydrogens (tertiary/aromatic N) is 3. The van der Waals surface area contributed by atoms with E-state index in [1.54, 1.807) is 24.5 Å². The average Bonchev–Trinajstić information content (AvgIpc) is 2.45. The molecule has 0 bridgehead atoms. The first-order chi connectivity index (χ1) is 9.37. The number of carbonyl (C=O) groups excluding carboxylic acids is 1. The third-order valence-corrected chi connectivity index (χ3v) is 4.69. The highest BCUT2D eigenvalue weighted by atomic mass is 32.2. The van der Waals surface area contributed by atoms with Gasteiger partial charge in [-0.25, -0.2) is 0 Å². The van der Waals surface area contributed by atoms with Crippen molar-refractivity contribution in [2.24, 2.45) is 0 Å². The van der Waals surface area contributed by atoms with Crippen LogP contribution in [0.15, 0.2) is 24.5 Å². The van der Waals surface area contributed by atoms with E-state index in [2.05, 4.69) is 9.72 Å². The lowest BCUT2D eigenvalue weighted by Crippen LogP contribution is -2.40. The second-order valence-corrected chi connectivity index (χ2v) is 6.41. The first-order valence-electron chi connectivity index (χ1n) is 6.01. The van der Waals surface area contributed by atoms with Gasteiger partial charge in [-0.3, -0.25) is 9.78 Å². The fourth-order valence-corrected chi connectivity index (χ4v) is 2.64. The molecule has 0 spiro atoms. The monoisotopic (exact) mass is 301 g/mol. The minimum atomic E-state index is -3.60. The summed E-state index contributed by atoms with van der Waals surface area (Å²) in [5.41, 5.74) is 0.840. The molecular formula is C12H19N3O4S. The summed E-state index contributed by atoms with van der Waals surface area (Å²) in [4.78, 5) is 14.9. The van der Waals surface area contributed by atoms with E-state index in [0.29, 0.717) is 0 Å². The van der Waals surface area contributed by atoms with Gasteiger partial charge >= 0.3 is 5.97 Å². The SMILES string of the molecule is COC(=O)CCN(C)S(=O)(=O)N(C)Cc1ccncc1. The van der Waals surface area contributed by atoms with Gasteiger partial charge in [0.2, 0.25) is 0 Å². The van der Waals surface area contributed by atoms with E-state index in [4.69, 9.17) is 0 Å². The minimum absolute atomic E-state index is 0.0231. The summed E-state index contributed by atoms with van der Waals surface area (Å²) in [5, 5.41) is 0. The summed E-state index contributed by atoms with van der Waals surface area (Å²) in [6, 6.07) is 3.50. The lowest BCUT2D eigenvalue weighted by molar-refractivity contribution is -0.140. The Morgan fingerprint density at radius 1 is 1.25 bits per heavy atom. The summed E-state index contributed by atoms with van der Waals surface area (Å²) >= 11 is 0. The van der Waals surface area contributed by atoms with E-state index in [9.17, 15) is 13.2 Å². The van der Waals surface area contributed by atoms with Crippen LogP contribution in [0.3, 0.4) is 0 Å². The van der Waals surface area contributed by atoms with Gasteiger partial charge in [-0.1, -0.05) is 0 Å². The van der Waals surface area contributed by atoms with Crippen molar-refractivity contribution in [3.8, 4) is 0 Å². The molecule has 0 aliphatic heterocycles. The third kappa shape index (κ3) is 4.55. The summed E-state index contributed by atoms with van der Waals surface area (Å²) in [6.07, 6.45) is 3.24. The fraction of sp³-hybridized carbons (Fsp3) is 0.500. The van der Waals surface area contributed by atoms with Crippen LogP contribution in [0.1, 0.15) is 12.0 Å². The molecule has 8 heteroatoms. The number of carbonyl (C=O) groups is 1. The van der Waals surface area contributed by atoms with Gasteiger partial charge < -0.3 is 4.74 Å². The summed E-state index contributed by atoms with van der Waals surface area (Å²) in [5.74, 6) is -0.441. The molecule has 20 heavy (non-hydrogen) atoms. The van der Waals surface area contributed by atoms with Crippen LogP contribution in [0.2, 0.25) is 0 Å². The first kappa shape index (κ1) is 16.5. The van der Waals surface area contributed by atoms with Crippen LogP contribution in [0, 0.1) is 0 Å². The Hall–Kier alpha value is -1.51. The molecule has 0 fully saturated rings. The average molecular weight is 301 g/mol. The number of methoxy groups -OCH3 is 1. The standard InChI is InChI=1S/C12H19N3O4S/c1-14(9-6-12(16)19-3)20(17,18)15(2)10-11-4-7-13-8-5-11/h4-5,7-8H,6,9-10H2,1-3H3. The number of pyridine rings is 1. The third-order valence-electron chi connectivity index (χ3n) is 2.80. The van der Waals surface area contributed by atoms with E-state index >= 15 is 0 Å². The number of ether oxygens (including phenoxy) is 1. The van der Waals surface area contributed by atoms with Crippen molar-refractivity contribution in [3.05, 3.63) is 30.1 Å². The topological polar surface area (TPSA) is 79.8 Å². The normalized spacial score (nSPS) is 11.8. The van der Waals surface area contributed by atoms with E-state index in [-0.39, 0.29) is 19.5 Å². The summed E-state index contributed by atoms with van der Waals surface area (Å²) in [7, 11) is 0.590. The van der Waals surface area contributed by atoms with Crippen LogP contribution >= 0.6 is 0 Å². The number of hydrogen-bond acceptors (Lipinski definition) is 5. The maximum atomic E-state index is 12.2. The Morgan fingerprint density at radius 3 is 2.40 bits per heavy atom. The Balaban J connectivity index is 2.65. The maximum absolute atomic E-state index is 12.2. The van der Waals surface area contributed by atoms with Crippen LogP contribution in [0.4, 0.5) is 0 Å². The number of rotatable bonds is 7. The van der Waals surface area contributed by atoms with Crippen LogP contribution < -0.4 is 0 Å². The van der Waals surface area contributed by atoms with Gasteiger partial charge in [-0.05, 0) is 17.7 Å². The van der Waals surface area contributed by atoms with Crippen molar-refractivity contribution in [3.63, 3.8) is 0 Å². The van der Waals surface area contributed by atoms with Gasteiger partial charge in [0.1, 0.15) is 0 Å². The first-order valence-corrected chi connectivity index (χ1v) is 7.41. The van der Waals surface area contributed by atoms with Crippen molar-refractivity contribution in [1.82, 2.24) is 13.6 Å². The molecule has 0 amide bonds. The number of hydrogen-bond donors (Lipinski definition) is 0. The summed E-state index contributed by atoms with van der Waals surface area (Å²) < 4.78 is 31.3. The molecule has 1 rings (SSSR count). The number of esters is 1. The molecule has 1 heterocycles. The molecule has 0 aromatic carbocycles. The Morgan fingerprint density at radius 2 is 1.85 bits per heavy atom. The molecular weight excluding hydrogens is 282 g/mol. The van der Waals surface area contributed by atoms with Gasteiger partial charge in [0, 0.05) is 39.6 Å². The highest BCUT2D eigenvalue weighted by Gasteiger charge is 2.24. The summed E-state index contributed by atoms with van der Waals surface area (Å²) in [6.45, 7) is 0.323. The van der Waals surface area contributed by atoms with Crippen molar-refractivity contribution in [2.75, 3.05) is 27.7 Å². The van der Waals surface area contributed by atoms with Crippen LogP contribution in [-0.4, -0.2) is 55.7 Å². The molecule has 0 N–H and O–H groups in total. The maximum Gasteiger partial charge on any atom is 0.306 e. The van der Waals surface area contributed by atoms with E-state index in [0.717, 1.165) is 9.87 Å². The molecule has 0 saturated heterocycles. The molecule has 0 aliphatic carbocycles. The second-order valence-electron chi connectivity index (χ2n) is 4.27. The highest BCUT2D eigenvalue weighted by Crippen LogP contribution is 2.10. The predicted molar refractivity (Wildman–Crippen MR) is 73.9 cm³/mol. The van der Waals surface area contributed by atoms with Gasteiger partial charge in [0.05, 0.1) is 13.5 Å². The molecule has 1 aromatic heterocycles. The molecule has 0 unspecified atom stereocenters.